The molecule has 0 unspecified atom stereocenters. The molecule has 1 atom stereocenters. The minimum Gasteiger partial charge on any atom is -0.495 e. The molecule has 0 aromatic heterocycles. The SMILES string of the molecule is COc1ccc(S(=O)(=O)N(CC(=O)N(Cc2cccc(Cl)c2)[C@H](Cc2ccccc2)C(=O)NC(C)C)c2cc(Cl)ccc2OC)cc1OC. The van der Waals surface area contributed by atoms with Crippen molar-refractivity contribution in [2.45, 2.75) is 43.8 Å². The molecule has 49 heavy (non-hydrogen) atoms. The van der Waals surface area contributed by atoms with Crippen LogP contribution in [-0.2, 0) is 32.6 Å². The molecule has 4 aromatic carbocycles. The number of amides is 2. The van der Waals surface area contributed by atoms with Crippen LogP contribution in [0.5, 0.6) is 17.2 Å². The smallest absolute Gasteiger partial charge is 0.265 e. The number of halogens is 2. The number of carbonyl (C=O) groups is 2. The van der Waals surface area contributed by atoms with Gasteiger partial charge in [0.25, 0.3) is 10.0 Å². The predicted molar refractivity (Wildman–Crippen MR) is 191 cm³/mol. The lowest BCUT2D eigenvalue weighted by atomic mass is 10.0. The summed E-state index contributed by atoms with van der Waals surface area (Å²) >= 11 is 12.7. The second-order valence-corrected chi connectivity index (χ2v) is 14.1. The molecule has 4 aromatic rings. The fourth-order valence-corrected chi connectivity index (χ4v) is 7.05. The summed E-state index contributed by atoms with van der Waals surface area (Å²) in [6.07, 6.45) is 0.161. The third-order valence-corrected chi connectivity index (χ3v) is 9.80. The van der Waals surface area contributed by atoms with Gasteiger partial charge in [0.15, 0.2) is 11.5 Å². The Kier molecular flexibility index (Phi) is 12.8. The number of rotatable bonds is 15. The first kappa shape index (κ1) is 37.4. The summed E-state index contributed by atoms with van der Waals surface area (Å²) in [5.41, 5.74) is 1.47. The molecule has 0 fully saturated rings. The van der Waals surface area contributed by atoms with Gasteiger partial charge in [0.2, 0.25) is 11.8 Å². The van der Waals surface area contributed by atoms with Crippen LogP contribution in [0.1, 0.15) is 25.0 Å². The number of sulfonamides is 1. The summed E-state index contributed by atoms with van der Waals surface area (Å²) in [4.78, 5) is 29.8. The van der Waals surface area contributed by atoms with Gasteiger partial charge in [0, 0.05) is 35.1 Å². The van der Waals surface area contributed by atoms with Gasteiger partial charge in [0.05, 0.1) is 31.9 Å². The van der Waals surface area contributed by atoms with Crippen LogP contribution in [0, 0.1) is 0 Å². The zero-order valence-corrected chi connectivity index (χ0v) is 30.2. The van der Waals surface area contributed by atoms with Gasteiger partial charge in [0.1, 0.15) is 18.3 Å². The number of ether oxygens (including phenoxy) is 3. The molecule has 4 rings (SSSR count). The first-order valence-corrected chi connectivity index (χ1v) is 17.5. The van der Waals surface area contributed by atoms with Crippen molar-refractivity contribution < 1.29 is 32.2 Å². The van der Waals surface area contributed by atoms with Crippen molar-refractivity contribution in [3.8, 4) is 17.2 Å². The molecular weight excluding hydrogens is 689 g/mol. The van der Waals surface area contributed by atoms with Crippen LogP contribution < -0.4 is 23.8 Å². The Morgan fingerprint density at radius 3 is 2.02 bits per heavy atom. The highest BCUT2D eigenvalue weighted by Crippen LogP contribution is 2.37. The van der Waals surface area contributed by atoms with E-state index in [9.17, 15) is 18.0 Å². The predicted octanol–water partition coefficient (Wildman–Crippen LogP) is 6.38. The summed E-state index contributed by atoms with van der Waals surface area (Å²) in [5, 5.41) is 3.59. The lowest BCUT2D eigenvalue weighted by Crippen LogP contribution is -2.54. The number of hydrogen-bond donors (Lipinski definition) is 1. The summed E-state index contributed by atoms with van der Waals surface area (Å²) in [6.45, 7) is 2.89. The van der Waals surface area contributed by atoms with Gasteiger partial charge in [-0.05, 0) is 67.4 Å². The van der Waals surface area contributed by atoms with Crippen LogP contribution in [0.2, 0.25) is 10.0 Å². The van der Waals surface area contributed by atoms with Crippen LogP contribution in [0.3, 0.4) is 0 Å². The zero-order chi connectivity index (χ0) is 35.7. The van der Waals surface area contributed by atoms with E-state index in [1.807, 2.05) is 44.2 Å². The maximum atomic E-state index is 14.7. The maximum absolute atomic E-state index is 14.7. The Balaban J connectivity index is 1.89. The summed E-state index contributed by atoms with van der Waals surface area (Å²) < 4.78 is 46.2. The lowest BCUT2D eigenvalue weighted by molar-refractivity contribution is -0.140. The molecule has 10 nitrogen and oxygen atoms in total. The largest absolute Gasteiger partial charge is 0.495 e. The molecular formula is C36H39Cl2N3O7S. The van der Waals surface area contributed by atoms with Crippen LogP contribution in [0.25, 0.3) is 0 Å². The number of methoxy groups -OCH3 is 3. The maximum Gasteiger partial charge on any atom is 0.265 e. The molecule has 0 spiro atoms. The summed E-state index contributed by atoms with van der Waals surface area (Å²) in [6, 6.07) is 23.5. The van der Waals surface area contributed by atoms with E-state index in [-0.39, 0.29) is 46.1 Å². The molecule has 1 N–H and O–H groups in total. The summed E-state index contributed by atoms with van der Waals surface area (Å²) in [5.74, 6) is -0.420. The molecule has 2 amide bonds. The minimum absolute atomic E-state index is 0.0204. The highest BCUT2D eigenvalue weighted by Gasteiger charge is 2.36. The normalized spacial score (nSPS) is 11.8. The lowest BCUT2D eigenvalue weighted by Gasteiger charge is -2.34. The number of benzene rings is 4. The quantitative estimate of drug-likeness (QED) is 0.151. The van der Waals surface area contributed by atoms with Crippen LogP contribution in [0.15, 0.2) is 95.9 Å². The van der Waals surface area contributed by atoms with Crippen molar-refractivity contribution in [3.05, 3.63) is 112 Å². The van der Waals surface area contributed by atoms with Crippen LogP contribution in [-0.4, -0.2) is 65.1 Å². The molecule has 260 valence electrons. The number of carbonyl (C=O) groups excluding carboxylic acids is 2. The third kappa shape index (κ3) is 9.38. The van der Waals surface area contributed by atoms with E-state index < -0.39 is 34.4 Å². The Bertz CT molecular complexity index is 1870. The van der Waals surface area contributed by atoms with Gasteiger partial charge < -0.3 is 24.4 Å². The Morgan fingerprint density at radius 2 is 1.39 bits per heavy atom. The number of anilines is 1. The molecule has 13 heteroatoms. The van der Waals surface area contributed by atoms with Crippen molar-refractivity contribution in [1.82, 2.24) is 10.2 Å². The average Bonchev–Trinajstić information content (AvgIpc) is 3.08. The van der Waals surface area contributed by atoms with E-state index in [0.717, 1.165) is 9.87 Å². The van der Waals surface area contributed by atoms with Crippen molar-refractivity contribution in [1.29, 1.82) is 0 Å². The van der Waals surface area contributed by atoms with Crippen LogP contribution in [0.4, 0.5) is 5.69 Å². The van der Waals surface area contributed by atoms with Crippen LogP contribution >= 0.6 is 23.2 Å². The molecule has 0 heterocycles. The van der Waals surface area contributed by atoms with E-state index in [1.165, 1.54) is 56.6 Å². The van der Waals surface area contributed by atoms with E-state index >= 15 is 0 Å². The zero-order valence-electron chi connectivity index (χ0n) is 27.9. The van der Waals surface area contributed by atoms with E-state index in [1.54, 1.807) is 30.3 Å². The molecule has 0 bridgehead atoms. The molecule has 0 aliphatic heterocycles. The third-order valence-electron chi connectivity index (χ3n) is 7.58. The average molecular weight is 729 g/mol. The highest BCUT2D eigenvalue weighted by atomic mass is 35.5. The topological polar surface area (TPSA) is 114 Å². The molecule has 0 aliphatic carbocycles. The van der Waals surface area contributed by atoms with Gasteiger partial charge >= 0.3 is 0 Å². The van der Waals surface area contributed by atoms with Gasteiger partial charge in [-0.2, -0.15) is 0 Å². The Morgan fingerprint density at radius 1 is 0.755 bits per heavy atom. The first-order valence-electron chi connectivity index (χ1n) is 15.3. The number of nitrogens with one attached hydrogen (secondary N) is 1. The van der Waals surface area contributed by atoms with Crippen molar-refractivity contribution >= 4 is 50.7 Å². The molecule has 0 saturated carbocycles. The first-order chi connectivity index (χ1) is 23.4. The number of hydrogen-bond acceptors (Lipinski definition) is 7. The molecule has 0 radical (unpaired) electrons. The van der Waals surface area contributed by atoms with E-state index in [4.69, 9.17) is 37.4 Å². The fraction of sp³-hybridized carbons (Fsp3) is 0.278. The monoisotopic (exact) mass is 727 g/mol. The van der Waals surface area contributed by atoms with Crippen molar-refractivity contribution in [2.24, 2.45) is 0 Å². The fourth-order valence-electron chi connectivity index (χ4n) is 5.24. The van der Waals surface area contributed by atoms with Gasteiger partial charge in [-0.25, -0.2) is 8.42 Å². The van der Waals surface area contributed by atoms with E-state index in [0.29, 0.717) is 16.3 Å². The minimum atomic E-state index is -4.50. The highest BCUT2D eigenvalue weighted by molar-refractivity contribution is 7.92. The molecule has 0 saturated heterocycles. The standard InChI is InChI=1S/C36H39Cl2N3O7S/c1-24(2)39-36(43)31(19-25-10-7-6-8-11-25)40(22-26-12-9-13-27(37)18-26)35(42)23-41(30-20-28(38)14-16-32(30)46-3)49(44,45)29-15-17-33(47-4)34(21-29)48-5/h6-18,20-21,24,31H,19,22-23H2,1-5H3,(H,39,43)/t31-/m1/s1. The van der Waals surface area contributed by atoms with Crippen molar-refractivity contribution in [2.75, 3.05) is 32.2 Å². The molecule has 0 aliphatic rings. The van der Waals surface area contributed by atoms with Crippen molar-refractivity contribution in [3.63, 3.8) is 0 Å². The second-order valence-electron chi connectivity index (χ2n) is 11.4. The van der Waals surface area contributed by atoms with E-state index in [2.05, 4.69) is 5.32 Å². The Labute approximate surface area is 297 Å². The Hall–Kier alpha value is -4.45. The second kappa shape index (κ2) is 16.8. The van der Waals surface area contributed by atoms with Gasteiger partial charge in [-0.3, -0.25) is 13.9 Å². The number of nitrogens with zero attached hydrogens (tertiary/aromatic N) is 2. The van der Waals surface area contributed by atoms with Gasteiger partial charge in [-0.1, -0.05) is 65.7 Å². The van der Waals surface area contributed by atoms with Gasteiger partial charge in [-0.15, -0.1) is 0 Å². The summed E-state index contributed by atoms with van der Waals surface area (Å²) in [7, 11) is -0.299.